The molecule has 1 aromatic rings. The lowest BCUT2D eigenvalue weighted by molar-refractivity contribution is 0.208. The van der Waals surface area contributed by atoms with Gasteiger partial charge in [-0.15, -0.1) is 0 Å². The second-order valence-corrected chi connectivity index (χ2v) is 4.63. The number of benzene rings is 1. The van der Waals surface area contributed by atoms with Gasteiger partial charge >= 0.3 is 0 Å². The molecule has 1 N–H and O–H groups in total. The molecule has 3 nitrogen and oxygen atoms in total. The van der Waals surface area contributed by atoms with Crippen LogP contribution in [0.15, 0.2) is 18.2 Å². The third-order valence-corrected chi connectivity index (χ3v) is 3.51. The summed E-state index contributed by atoms with van der Waals surface area (Å²) in [5.74, 6) is -0.279. The van der Waals surface area contributed by atoms with Crippen molar-refractivity contribution in [1.29, 1.82) is 5.26 Å². The van der Waals surface area contributed by atoms with Gasteiger partial charge in [0.15, 0.2) is 0 Å². The number of likely N-dealkylation sites (N-methyl/N-ethyl adjacent to an activating group) is 1. The molecule has 1 unspecified atom stereocenters. The molecule has 1 aliphatic heterocycles. The third-order valence-electron chi connectivity index (χ3n) is 3.51. The minimum absolute atomic E-state index is 0.279. The van der Waals surface area contributed by atoms with Crippen LogP contribution in [0, 0.1) is 17.1 Å². The maximum Gasteiger partial charge on any atom is 0.129 e. The SMILES string of the molecule is CCN(Cc1ccc(C#N)cc1F)C1CCNC1. The standard InChI is InChI=1S/C14H18FN3/c1-2-18(13-5-6-17-9-13)10-12-4-3-11(8-16)7-14(12)15/h3-4,7,13,17H,2,5-6,9-10H2,1H3. The van der Waals surface area contributed by atoms with Gasteiger partial charge in [0.1, 0.15) is 5.82 Å². The molecule has 1 fully saturated rings. The van der Waals surface area contributed by atoms with Crippen LogP contribution in [-0.2, 0) is 6.54 Å². The van der Waals surface area contributed by atoms with E-state index in [0.717, 1.165) is 26.1 Å². The van der Waals surface area contributed by atoms with E-state index in [0.29, 0.717) is 23.7 Å². The lowest BCUT2D eigenvalue weighted by Crippen LogP contribution is -2.36. The topological polar surface area (TPSA) is 39.1 Å². The third kappa shape index (κ3) is 2.87. The maximum absolute atomic E-state index is 13.8. The molecule has 1 aliphatic rings. The Morgan fingerprint density at radius 3 is 2.94 bits per heavy atom. The lowest BCUT2D eigenvalue weighted by atomic mass is 10.1. The number of nitrogens with zero attached hydrogens (tertiary/aromatic N) is 2. The predicted molar refractivity (Wildman–Crippen MR) is 68.5 cm³/mol. The highest BCUT2D eigenvalue weighted by Crippen LogP contribution is 2.16. The molecule has 1 saturated heterocycles. The number of nitriles is 1. The number of nitrogens with one attached hydrogen (secondary N) is 1. The van der Waals surface area contributed by atoms with Crippen LogP contribution in [0.2, 0.25) is 0 Å². The fourth-order valence-electron chi connectivity index (χ4n) is 2.41. The van der Waals surface area contributed by atoms with Gasteiger partial charge in [0.05, 0.1) is 11.6 Å². The number of halogens is 1. The quantitative estimate of drug-likeness (QED) is 0.883. The van der Waals surface area contributed by atoms with E-state index in [4.69, 9.17) is 5.26 Å². The van der Waals surface area contributed by atoms with Gasteiger partial charge in [-0.1, -0.05) is 13.0 Å². The highest BCUT2D eigenvalue weighted by atomic mass is 19.1. The minimum Gasteiger partial charge on any atom is -0.315 e. The van der Waals surface area contributed by atoms with Crippen LogP contribution in [-0.4, -0.2) is 30.6 Å². The minimum atomic E-state index is -0.279. The van der Waals surface area contributed by atoms with Crippen LogP contribution >= 0.6 is 0 Å². The number of rotatable bonds is 4. The van der Waals surface area contributed by atoms with E-state index in [2.05, 4.69) is 17.1 Å². The lowest BCUT2D eigenvalue weighted by Gasteiger charge is -2.27. The van der Waals surface area contributed by atoms with Crippen molar-refractivity contribution >= 4 is 0 Å². The Kier molecular flexibility index (Phi) is 4.29. The Balaban J connectivity index is 2.09. The van der Waals surface area contributed by atoms with Crippen LogP contribution in [0.4, 0.5) is 4.39 Å². The summed E-state index contributed by atoms with van der Waals surface area (Å²) in [5.41, 5.74) is 1.05. The Bertz CT molecular complexity index is 447. The molecule has 2 rings (SSSR count). The highest BCUT2D eigenvalue weighted by molar-refractivity contribution is 5.32. The van der Waals surface area contributed by atoms with Gasteiger partial charge < -0.3 is 5.32 Å². The summed E-state index contributed by atoms with van der Waals surface area (Å²) in [4.78, 5) is 2.28. The van der Waals surface area contributed by atoms with Crippen molar-refractivity contribution in [3.63, 3.8) is 0 Å². The van der Waals surface area contributed by atoms with E-state index in [1.807, 2.05) is 6.07 Å². The van der Waals surface area contributed by atoms with Crippen molar-refractivity contribution in [3.05, 3.63) is 35.1 Å². The molecule has 0 amide bonds. The predicted octanol–water partition coefficient (Wildman–Crippen LogP) is 1.88. The van der Waals surface area contributed by atoms with Crippen molar-refractivity contribution in [1.82, 2.24) is 10.2 Å². The second kappa shape index (κ2) is 5.94. The Hall–Kier alpha value is -1.44. The molecule has 0 saturated carbocycles. The summed E-state index contributed by atoms with van der Waals surface area (Å²) in [6, 6.07) is 7.16. The van der Waals surface area contributed by atoms with Gasteiger partial charge in [-0.05, 0) is 31.6 Å². The van der Waals surface area contributed by atoms with E-state index in [-0.39, 0.29) is 5.82 Å². The van der Waals surface area contributed by atoms with E-state index in [1.54, 1.807) is 12.1 Å². The normalized spacial score (nSPS) is 19.1. The summed E-state index contributed by atoms with van der Waals surface area (Å²) in [6.07, 6.45) is 1.12. The van der Waals surface area contributed by atoms with Crippen molar-refractivity contribution in [3.8, 4) is 6.07 Å². The van der Waals surface area contributed by atoms with Gasteiger partial charge in [-0.25, -0.2) is 4.39 Å². The summed E-state index contributed by atoms with van der Waals surface area (Å²) in [6.45, 7) is 5.63. The first-order chi connectivity index (χ1) is 8.74. The Labute approximate surface area is 107 Å². The molecule has 1 heterocycles. The molecule has 0 radical (unpaired) electrons. The van der Waals surface area contributed by atoms with Gasteiger partial charge in [0, 0.05) is 24.7 Å². The Morgan fingerprint density at radius 2 is 2.39 bits per heavy atom. The van der Waals surface area contributed by atoms with Gasteiger partial charge in [0.25, 0.3) is 0 Å². The van der Waals surface area contributed by atoms with Crippen molar-refractivity contribution in [2.75, 3.05) is 19.6 Å². The van der Waals surface area contributed by atoms with E-state index in [9.17, 15) is 4.39 Å². The fourth-order valence-corrected chi connectivity index (χ4v) is 2.41. The fraction of sp³-hybridized carbons (Fsp3) is 0.500. The van der Waals surface area contributed by atoms with Crippen LogP contribution in [0.1, 0.15) is 24.5 Å². The van der Waals surface area contributed by atoms with E-state index >= 15 is 0 Å². The van der Waals surface area contributed by atoms with Crippen LogP contribution < -0.4 is 5.32 Å². The molecular formula is C14H18FN3. The van der Waals surface area contributed by atoms with Crippen molar-refractivity contribution in [2.45, 2.75) is 25.9 Å². The number of hydrogen-bond acceptors (Lipinski definition) is 3. The maximum atomic E-state index is 13.8. The molecule has 0 spiro atoms. The largest absolute Gasteiger partial charge is 0.315 e. The van der Waals surface area contributed by atoms with Crippen molar-refractivity contribution in [2.24, 2.45) is 0 Å². The summed E-state index contributed by atoms with van der Waals surface area (Å²) in [7, 11) is 0. The Morgan fingerprint density at radius 1 is 1.56 bits per heavy atom. The van der Waals surface area contributed by atoms with Crippen molar-refractivity contribution < 1.29 is 4.39 Å². The first kappa shape index (κ1) is 13.0. The monoisotopic (exact) mass is 247 g/mol. The molecular weight excluding hydrogens is 229 g/mol. The smallest absolute Gasteiger partial charge is 0.129 e. The average Bonchev–Trinajstić information content (AvgIpc) is 2.91. The van der Waals surface area contributed by atoms with Crippen LogP contribution in [0.25, 0.3) is 0 Å². The average molecular weight is 247 g/mol. The summed E-state index contributed by atoms with van der Waals surface area (Å²) >= 11 is 0. The van der Waals surface area contributed by atoms with E-state index in [1.165, 1.54) is 6.07 Å². The molecule has 0 aliphatic carbocycles. The second-order valence-electron chi connectivity index (χ2n) is 4.63. The van der Waals surface area contributed by atoms with Crippen LogP contribution in [0.5, 0.6) is 0 Å². The molecule has 1 aromatic carbocycles. The molecule has 4 heteroatoms. The zero-order valence-electron chi connectivity index (χ0n) is 10.6. The summed E-state index contributed by atoms with van der Waals surface area (Å²) < 4.78 is 13.8. The van der Waals surface area contributed by atoms with Crippen LogP contribution in [0.3, 0.4) is 0 Å². The first-order valence-corrected chi connectivity index (χ1v) is 6.38. The molecule has 1 atom stereocenters. The number of hydrogen-bond donors (Lipinski definition) is 1. The summed E-state index contributed by atoms with van der Waals surface area (Å²) in [5, 5.41) is 12.0. The van der Waals surface area contributed by atoms with Gasteiger partial charge in [0.2, 0.25) is 0 Å². The van der Waals surface area contributed by atoms with Gasteiger partial charge in [-0.2, -0.15) is 5.26 Å². The first-order valence-electron chi connectivity index (χ1n) is 6.38. The highest BCUT2D eigenvalue weighted by Gasteiger charge is 2.21. The molecule has 0 aromatic heterocycles. The van der Waals surface area contributed by atoms with Gasteiger partial charge in [-0.3, -0.25) is 4.90 Å². The molecule has 0 bridgehead atoms. The molecule has 18 heavy (non-hydrogen) atoms. The zero-order valence-corrected chi connectivity index (χ0v) is 10.6. The molecule has 96 valence electrons. The van der Waals surface area contributed by atoms with E-state index < -0.39 is 0 Å². The zero-order chi connectivity index (χ0) is 13.0.